The number of thiophene rings is 1. The van der Waals surface area contributed by atoms with Crippen LogP contribution in [0.15, 0.2) is 9.85 Å². The highest BCUT2D eigenvalue weighted by Crippen LogP contribution is 2.28. The largest absolute Gasteiger partial charge is 0.312 e. The first-order chi connectivity index (χ1) is 5.86. The Hall–Kier alpha value is 0.140. The summed E-state index contributed by atoms with van der Waals surface area (Å²) in [5.41, 5.74) is 1.52. The van der Waals surface area contributed by atoms with Gasteiger partial charge in [0, 0.05) is 11.4 Å². The molecule has 0 fully saturated rings. The number of hydrogen-bond donors (Lipinski definition) is 1. The predicted octanol–water partition coefficient (Wildman–Crippen LogP) is 3.18. The molecule has 3 heteroatoms. The molecule has 0 unspecified atom stereocenters. The van der Waals surface area contributed by atoms with Crippen LogP contribution in [0.25, 0.3) is 0 Å². The summed E-state index contributed by atoms with van der Waals surface area (Å²) >= 11 is 5.33. The van der Waals surface area contributed by atoms with Gasteiger partial charge in [0.15, 0.2) is 0 Å². The van der Waals surface area contributed by atoms with Crippen molar-refractivity contribution >= 4 is 27.3 Å². The van der Waals surface area contributed by atoms with Crippen molar-refractivity contribution in [3.8, 4) is 0 Å². The van der Waals surface area contributed by atoms with Crippen LogP contribution in [0, 0.1) is 0 Å². The van der Waals surface area contributed by atoms with Crippen LogP contribution < -0.4 is 5.32 Å². The molecular weight excluding hydrogens is 234 g/mol. The molecule has 1 aromatic heterocycles. The number of rotatable bonds is 0. The van der Waals surface area contributed by atoms with Crippen molar-refractivity contribution in [1.82, 2.24) is 5.32 Å². The molecule has 0 bridgehead atoms. The summed E-state index contributed by atoms with van der Waals surface area (Å²) < 4.78 is 1.27. The minimum Gasteiger partial charge on any atom is -0.312 e. The maximum absolute atomic E-state index is 3.48. The van der Waals surface area contributed by atoms with E-state index in [4.69, 9.17) is 0 Å². The van der Waals surface area contributed by atoms with Gasteiger partial charge < -0.3 is 5.32 Å². The smallest absolute Gasteiger partial charge is 0.0704 e. The lowest BCUT2D eigenvalue weighted by molar-refractivity contribution is 0.654. The Morgan fingerprint density at radius 1 is 1.50 bits per heavy atom. The van der Waals surface area contributed by atoms with Crippen LogP contribution in [-0.2, 0) is 13.0 Å². The van der Waals surface area contributed by atoms with Gasteiger partial charge in [0.2, 0.25) is 0 Å². The molecule has 0 aromatic carbocycles. The van der Waals surface area contributed by atoms with Gasteiger partial charge in [0.1, 0.15) is 0 Å². The standard InChI is InChI=1S/C7H8BrNS.C2H6/c8-7-3-5-1-2-9-4-6(5)10-7;1-2/h3,9H,1-2,4H2;1-2H3. The summed E-state index contributed by atoms with van der Waals surface area (Å²) in [5.74, 6) is 0. The second-order valence-electron chi connectivity index (χ2n) is 2.43. The lowest BCUT2D eigenvalue weighted by Gasteiger charge is -2.10. The minimum atomic E-state index is 1.06. The zero-order valence-corrected chi connectivity index (χ0v) is 9.89. The number of fused-ring (bicyclic) bond motifs is 1. The van der Waals surface area contributed by atoms with Crippen molar-refractivity contribution in [2.24, 2.45) is 0 Å². The Labute approximate surface area is 86.3 Å². The van der Waals surface area contributed by atoms with Gasteiger partial charge in [-0.25, -0.2) is 0 Å². The van der Waals surface area contributed by atoms with Crippen LogP contribution in [0.2, 0.25) is 0 Å². The Balaban J connectivity index is 0.000000336. The van der Waals surface area contributed by atoms with E-state index in [1.54, 1.807) is 0 Å². The van der Waals surface area contributed by atoms with Gasteiger partial charge in [-0.2, -0.15) is 0 Å². The molecule has 0 aliphatic carbocycles. The first-order valence-corrected chi connectivity index (χ1v) is 5.95. The summed E-state index contributed by atoms with van der Waals surface area (Å²) in [5, 5.41) is 3.34. The first kappa shape index (κ1) is 10.2. The van der Waals surface area contributed by atoms with Gasteiger partial charge >= 0.3 is 0 Å². The van der Waals surface area contributed by atoms with E-state index in [1.165, 1.54) is 20.6 Å². The third-order valence-electron chi connectivity index (χ3n) is 1.72. The highest BCUT2D eigenvalue weighted by molar-refractivity contribution is 9.11. The zero-order chi connectivity index (χ0) is 8.97. The first-order valence-electron chi connectivity index (χ1n) is 4.34. The van der Waals surface area contributed by atoms with Gasteiger partial charge in [-0.3, -0.25) is 0 Å². The third-order valence-corrected chi connectivity index (χ3v) is 3.40. The fourth-order valence-electron chi connectivity index (χ4n) is 1.22. The molecule has 1 aliphatic heterocycles. The lowest BCUT2D eigenvalue weighted by Crippen LogP contribution is -2.21. The fraction of sp³-hybridized carbons (Fsp3) is 0.556. The lowest BCUT2D eigenvalue weighted by atomic mass is 10.1. The molecule has 0 radical (unpaired) electrons. The van der Waals surface area contributed by atoms with Crippen LogP contribution in [0.3, 0.4) is 0 Å². The highest BCUT2D eigenvalue weighted by Gasteiger charge is 2.10. The average Bonchev–Trinajstić information content (AvgIpc) is 2.48. The van der Waals surface area contributed by atoms with Crippen molar-refractivity contribution in [2.75, 3.05) is 6.54 Å². The van der Waals surface area contributed by atoms with Gasteiger partial charge in [-0.1, -0.05) is 13.8 Å². The van der Waals surface area contributed by atoms with E-state index < -0.39 is 0 Å². The molecule has 1 aliphatic rings. The van der Waals surface area contributed by atoms with Crippen molar-refractivity contribution in [1.29, 1.82) is 0 Å². The van der Waals surface area contributed by atoms with Crippen LogP contribution in [-0.4, -0.2) is 6.54 Å². The molecule has 1 aromatic rings. The van der Waals surface area contributed by atoms with E-state index in [9.17, 15) is 0 Å². The van der Waals surface area contributed by atoms with E-state index in [0.717, 1.165) is 13.1 Å². The number of hydrogen-bond acceptors (Lipinski definition) is 2. The maximum atomic E-state index is 3.48. The normalized spacial score (nSPS) is 14.6. The molecule has 0 saturated heterocycles. The monoisotopic (exact) mass is 247 g/mol. The van der Waals surface area contributed by atoms with Crippen LogP contribution in [0.1, 0.15) is 24.3 Å². The minimum absolute atomic E-state index is 1.06. The van der Waals surface area contributed by atoms with E-state index in [-0.39, 0.29) is 0 Å². The van der Waals surface area contributed by atoms with Gasteiger partial charge in [0.25, 0.3) is 0 Å². The Bertz CT molecular complexity index is 221. The summed E-state index contributed by atoms with van der Waals surface area (Å²) in [6.07, 6.45) is 1.19. The van der Waals surface area contributed by atoms with Crippen molar-refractivity contribution < 1.29 is 0 Å². The fourth-order valence-corrected chi connectivity index (χ4v) is 2.98. The van der Waals surface area contributed by atoms with Crippen LogP contribution in [0.4, 0.5) is 0 Å². The number of nitrogens with one attached hydrogen (secondary N) is 1. The second-order valence-corrected chi connectivity index (χ2v) is 4.94. The summed E-state index contributed by atoms with van der Waals surface area (Å²) in [7, 11) is 0. The molecular formula is C9H14BrNS. The average molecular weight is 248 g/mol. The molecule has 2 heterocycles. The Kier molecular flexibility index (Phi) is 4.26. The van der Waals surface area contributed by atoms with E-state index >= 15 is 0 Å². The van der Waals surface area contributed by atoms with Crippen LogP contribution >= 0.6 is 27.3 Å². The Morgan fingerprint density at radius 2 is 2.25 bits per heavy atom. The van der Waals surface area contributed by atoms with Crippen LogP contribution in [0.5, 0.6) is 0 Å². The molecule has 0 amide bonds. The molecule has 1 nitrogen and oxygen atoms in total. The molecule has 2 rings (SSSR count). The quantitative estimate of drug-likeness (QED) is 0.743. The summed E-state index contributed by atoms with van der Waals surface area (Å²) in [6.45, 7) is 6.20. The van der Waals surface area contributed by atoms with Gasteiger partial charge in [-0.15, -0.1) is 11.3 Å². The molecule has 0 atom stereocenters. The highest BCUT2D eigenvalue weighted by atomic mass is 79.9. The van der Waals surface area contributed by atoms with E-state index in [2.05, 4.69) is 27.3 Å². The topological polar surface area (TPSA) is 12.0 Å². The van der Waals surface area contributed by atoms with Crippen molar-refractivity contribution in [2.45, 2.75) is 26.8 Å². The maximum Gasteiger partial charge on any atom is 0.0704 e. The van der Waals surface area contributed by atoms with Gasteiger partial charge in [-0.05, 0) is 40.5 Å². The predicted molar refractivity (Wildman–Crippen MR) is 58.8 cm³/mol. The summed E-state index contributed by atoms with van der Waals surface area (Å²) in [6, 6.07) is 2.24. The van der Waals surface area contributed by atoms with Crippen molar-refractivity contribution in [3.63, 3.8) is 0 Å². The van der Waals surface area contributed by atoms with E-state index in [1.807, 2.05) is 25.2 Å². The molecule has 0 saturated carbocycles. The van der Waals surface area contributed by atoms with Crippen molar-refractivity contribution in [3.05, 3.63) is 20.3 Å². The Morgan fingerprint density at radius 3 is 2.92 bits per heavy atom. The zero-order valence-electron chi connectivity index (χ0n) is 7.48. The molecule has 12 heavy (non-hydrogen) atoms. The second kappa shape index (κ2) is 5.00. The molecule has 0 spiro atoms. The van der Waals surface area contributed by atoms with Gasteiger partial charge in [0.05, 0.1) is 3.79 Å². The van der Waals surface area contributed by atoms with E-state index in [0.29, 0.717) is 0 Å². The summed E-state index contributed by atoms with van der Waals surface area (Å²) in [4.78, 5) is 1.50. The molecule has 68 valence electrons. The SMILES string of the molecule is Brc1cc2c(s1)CNCC2.CC. The molecule has 1 N–H and O–H groups in total. The number of halogens is 1. The third kappa shape index (κ3) is 2.31.